The molecule has 3 heterocycles. The summed E-state index contributed by atoms with van der Waals surface area (Å²) >= 11 is 0. The second kappa shape index (κ2) is 6.19. The van der Waals surface area contributed by atoms with Crippen LogP contribution in [0.25, 0.3) is 11.4 Å². The molecular weight excluding hydrogens is 340 g/mol. The van der Waals surface area contributed by atoms with Gasteiger partial charge in [-0.25, -0.2) is 8.42 Å². The molecule has 0 unspecified atom stereocenters. The fourth-order valence-electron chi connectivity index (χ4n) is 3.87. The molecule has 8 heteroatoms. The van der Waals surface area contributed by atoms with Crippen molar-refractivity contribution in [2.24, 2.45) is 5.41 Å². The number of aromatic nitrogens is 2. The summed E-state index contributed by atoms with van der Waals surface area (Å²) in [6.45, 7) is 4.76. The van der Waals surface area contributed by atoms with E-state index in [1.165, 1.54) is 0 Å². The van der Waals surface area contributed by atoms with Crippen LogP contribution in [-0.2, 0) is 10.0 Å². The number of hydrogen-bond donors (Lipinski definition) is 1. The number of nitrogens with zero attached hydrogens (tertiary/aromatic N) is 3. The maximum absolute atomic E-state index is 13.2. The van der Waals surface area contributed by atoms with Crippen LogP contribution in [0.15, 0.2) is 33.7 Å². The molecule has 7 nitrogen and oxygen atoms in total. The molecule has 1 aromatic carbocycles. The molecule has 0 saturated carbocycles. The molecule has 2 aliphatic rings. The van der Waals surface area contributed by atoms with Crippen LogP contribution in [-0.4, -0.2) is 49.0 Å². The van der Waals surface area contributed by atoms with Crippen LogP contribution in [0.1, 0.15) is 25.2 Å². The highest BCUT2D eigenvalue weighted by Gasteiger charge is 2.41. The Kier molecular flexibility index (Phi) is 4.13. The van der Waals surface area contributed by atoms with Gasteiger partial charge in [-0.2, -0.15) is 9.29 Å². The molecule has 0 aliphatic carbocycles. The summed E-state index contributed by atoms with van der Waals surface area (Å²) in [5.74, 6) is 0.861. The average molecular weight is 362 g/mol. The molecule has 1 N–H and O–H groups in total. The predicted molar refractivity (Wildman–Crippen MR) is 92.4 cm³/mol. The van der Waals surface area contributed by atoms with Gasteiger partial charge in [-0.05, 0) is 43.4 Å². The Morgan fingerprint density at radius 2 is 2.20 bits per heavy atom. The molecule has 134 valence electrons. The van der Waals surface area contributed by atoms with Gasteiger partial charge in [-0.1, -0.05) is 17.3 Å². The van der Waals surface area contributed by atoms with Gasteiger partial charge in [0.05, 0.1) is 4.90 Å². The minimum atomic E-state index is -3.53. The Morgan fingerprint density at radius 1 is 1.32 bits per heavy atom. The lowest BCUT2D eigenvalue weighted by Crippen LogP contribution is -2.47. The Balaban J connectivity index is 1.64. The molecule has 2 aliphatic heterocycles. The lowest BCUT2D eigenvalue weighted by Gasteiger charge is -2.39. The largest absolute Gasteiger partial charge is 0.339 e. The van der Waals surface area contributed by atoms with Crippen molar-refractivity contribution in [1.29, 1.82) is 0 Å². The van der Waals surface area contributed by atoms with Crippen LogP contribution < -0.4 is 5.32 Å². The number of nitrogens with one attached hydrogen (secondary N) is 1. The van der Waals surface area contributed by atoms with E-state index in [0.29, 0.717) is 30.4 Å². The number of aryl methyl sites for hydroxylation is 1. The smallest absolute Gasteiger partial charge is 0.243 e. The zero-order chi connectivity index (χ0) is 17.5. The predicted octanol–water partition coefficient (Wildman–Crippen LogP) is 1.81. The quantitative estimate of drug-likeness (QED) is 0.896. The van der Waals surface area contributed by atoms with Crippen LogP contribution in [0.5, 0.6) is 0 Å². The summed E-state index contributed by atoms with van der Waals surface area (Å²) in [6, 6.07) is 6.79. The maximum Gasteiger partial charge on any atom is 0.243 e. The summed E-state index contributed by atoms with van der Waals surface area (Å²) in [5.41, 5.74) is 0.737. The third-order valence-electron chi connectivity index (χ3n) is 5.22. The van der Waals surface area contributed by atoms with Crippen molar-refractivity contribution >= 4 is 10.0 Å². The van der Waals surface area contributed by atoms with Crippen LogP contribution in [0.3, 0.4) is 0 Å². The van der Waals surface area contributed by atoms with Crippen LogP contribution in [0.4, 0.5) is 0 Å². The normalized spacial score (nSPS) is 24.8. The van der Waals surface area contributed by atoms with E-state index in [0.717, 1.165) is 32.4 Å². The minimum Gasteiger partial charge on any atom is -0.339 e. The zero-order valence-electron chi connectivity index (χ0n) is 14.2. The summed E-state index contributed by atoms with van der Waals surface area (Å²) in [5, 5.41) is 7.26. The Morgan fingerprint density at radius 3 is 2.92 bits per heavy atom. The Bertz CT molecular complexity index is 872. The SMILES string of the molecule is Cc1nc(-c2cccc(S(=O)(=O)N3CCC[C@]4(CCNC4)C3)c2)no1. The van der Waals surface area contributed by atoms with Gasteiger partial charge in [0, 0.05) is 32.1 Å². The molecular formula is C17H22N4O3S. The van der Waals surface area contributed by atoms with E-state index in [-0.39, 0.29) is 10.3 Å². The zero-order valence-corrected chi connectivity index (χ0v) is 15.1. The first-order valence-electron chi connectivity index (χ1n) is 8.60. The molecule has 25 heavy (non-hydrogen) atoms. The fraction of sp³-hybridized carbons (Fsp3) is 0.529. The summed E-state index contributed by atoms with van der Waals surface area (Å²) < 4.78 is 33.0. The number of rotatable bonds is 3. The average Bonchev–Trinajstić information content (AvgIpc) is 3.24. The van der Waals surface area contributed by atoms with Gasteiger partial charge in [0.1, 0.15) is 0 Å². The van der Waals surface area contributed by atoms with E-state index >= 15 is 0 Å². The van der Waals surface area contributed by atoms with E-state index in [2.05, 4.69) is 15.5 Å². The van der Waals surface area contributed by atoms with Crippen LogP contribution in [0.2, 0.25) is 0 Å². The highest BCUT2D eigenvalue weighted by atomic mass is 32.2. The Hall–Kier alpha value is -1.77. The number of sulfonamides is 1. The molecule has 2 saturated heterocycles. The van der Waals surface area contributed by atoms with Gasteiger partial charge in [-0.3, -0.25) is 0 Å². The molecule has 1 aromatic heterocycles. The first kappa shape index (κ1) is 16.7. The third kappa shape index (κ3) is 3.09. The monoisotopic (exact) mass is 362 g/mol. The van der Waals surface area contributed by atoms with Crippen molar-refractivity contribution in [2.45, 2.75) is 31.1 Å². The second-order valence-electron chi connectivity index (χ2n) is 7.03. The van der Waals surface area contributed by atoms with Gasteiger partial charge < -0.3 is 9.84 Å². The third-order valence-corrected chi connectivity index (χ3v) is 7.06. The Labute approximate surface area is 147 Å². The highest BCUT2D eigenvalue weighted by molar-refractivity contribution is 7.89. The van der Waals surface area contributed by atoms with Crippen molar-refractivity contribution < 1.29 is 12.9 Å². The van der Waals surface area contributed by atoms with Gasteiger partial charge >= 0.3 is 0 Å². The lowest BCUT2D eigenvalue weighted by atomic mass is 9.80. The van der Waals surface area contributed by atoms with Crippen molar-refractivity contribution in [3.63, 3.8) is 0 Å². The molecule has 2 fully saturated rings. The first-order chi connectivity index (χ1) is 12.0. The van der Waals surface area contributed by atoms with Gasteiger partial charge in [0.25, 0.3) is 0 Å². The molecule has 4 rings (SSSR count). The summed E-state index contributed by atoms with van der Waals surface area (Å²) in [4.78, 5) is 4.47. The molecule has 0 bridgehead atoms. The van der Waals surface area contributed by atoms with Crippen molar-refractivity contribution in [2.75, 3.05) is 26.2 Å². The standard InChI is InChI=1S/C17H22N4O3S/c1-13-19-16(20-24-13)14-4-2-5-15(10-14)25(22,23)21-9-3-6-17(12-21)7-8-18-11-17/h2,4-5,10,18H,3,6-9,11-12H2,1H3/t17-/m1/s1. The second-order valence-corrected chi connectivity index (χ2v) is 8.97. The molecule has 0 radical (unpaired) electrons. The highest BCUT2D eigenvalue weighted by Crippen LogP contribution is 2.37. The molecule has 0 amide bonds. The molecule has 2 aromatic rings. The number of piperidine rings is 1. The molecule has 1 spiro atoms. The van der Waals surface area contributed by atoms with Crippen molar-refractivity contribution in [3.8, 4) is 11.4 Å². The fourth-order valence-corrected chi connectivity index (χ4v) is 5.51. The van der Waals surface area contributed by atoms with Crippen molar-refractivity contribution in [3.05, 3.63) is 30.2 Å². The number of benzene rings is 1. The van der Waals surface area contributed by atoms with E-state index in [1.54, 1.807) is 35.5 Å². The van der Waals surface area contributed by atoms with Crippen LogP contribution in [0, 0.1) is 12.3 Å². The van der Waals surface area contributed by atoms with Gasteiger partial charge in [-0.15, -0.1) is 0 Å². The topological polar surface area (TPSA) is 88.3 Å². The maximum atomic E-state index is 13.2. The van der Waals surface area contributed by atoms with E-state index in [1.807, 2.05) is 0 Å². The van der Waals surface area contributed by atoms with Gasteiger partial charge in [0.2, 0.25) is 21.7 Å². The molecule has 1 atom stereocenters. The van der Waals surface area contributed by atoms with Gasteiger partial charge in [0.15, 0.2) is 0 Å². The van der Waals surface area contributed by atoms with E-state index in [9.17, 15) is 8.42 Å². The van der Waals surface area contributed by atoms with Crippen LogP contribution >= 0.6 is 0 Å². The first-order valence-corrected chi connectivity index (χ1v) is 10.0. The number of hydrogen-bond acceptors (Lipinski definition) is 6. The van der Waals surface area contributed by atoms with Crippen molar-refractivity contribution in [1.82, 2.24) is 19.8 Å². The minimum absolute atomic E-state index is 0.0910. The lowest BCUT2D eigenvalue weighted by molar-refractivity contribution is 0.166. The van der Waals surface area contributed by atoms with E-state index in [4.69, 9.17) is 4.52 Å². The summed E-state index contributed by atoms with van der Waals surface area (Å²) in [6.07, 6.45) is 3.04. The summed E-state index contributed by atoms with van der Waals surface area (Å²) in [7, 11) is -3.53. The van der Waals surface area contributed by atoms with E-state index < -0.39 is 10.0 Å².